The number of nitrogens with zero attached hydrogens (tertiary/aromatic N) is 5. The van der Waals surface area contributed by atoms with Crippen molar-refractivity contribution in [2.75, 3.05) is 33.3 Å². The Bertz CT molecular complexity index is 1410. The maximum atomic E-state index is 14.0. The van der Waals surface area contributed by atoms with E-state index in [-0.39, 0.29) is 17.0 Å². The van der Waals surface area contributed by atoms with Gasteiger partial charge in [-0.25, -0.2) is 9.37 Å². The van der Waals surface area contributed by atoms with Crippen LogP contribution in [-0.2, 0) is 6.54 Å². The second-order valence-electron chi connectivity index (χ2n) is 7.94. The van der Waals surface area contributed by atoms with Gasteiger partial charge in [-0.15, -0.1) is 0 Å². The Kier molecular flexibility index (Phi) is 6.08. The molecule has 1 amide bonds. The molecule has 0 aliphatic carbocycles. The Morgan fingerprint density at radius 2 is 1.82 bits per heavy atom. The second kappa shape index (κ2) is 9.32. The largest absolute Gasteiger partial charge is 0.496 e. The number of piperazine rings is 1. The molecule has 3 heterocycles. The summed E-state index contributed by atoms with van der Waals surface area (Å²) in [5, 5.41) is 5.09. The molecule has 0 atom stereocenters. The number of hydrogen-bond donors (Lipinski definition) is 0. The van der Waals surface area contributed by atoms with Gasteiger partial charge in [0.2, 0.25) is 4.96 Å². The fourth-order valence-electron chi connectivity index (χ4n) is 4.01. The van der Waals surface area contributed by atoms with E-state index in [1.807, 2.05) is 24.3 Å². The molecule has 0 bridgehead atoms. The van der Waals surface area contributed by atoms with Gasteiger partial charge in [0.25, 0.3) is 11.5 Å². The van der Waals surface area contributed by atoms with Crippen LogP contribution in [0.4, 0.5) is 4.39 Å². The summed E-state index contributed by atoms with van der Waals surface area (Å²) in [6.07, 6.45) is 0. The number of rotatable bonds is 5. The van der Waals surface area contributed by atoms with Gasteiger partial charge in [0.15, 0.2) is 5.01 Å². The van der Waals surface area contributed by atoms with Crippen molar-refractivity contribution >= 4 is 22.2 Å². The van der Waals surface area contributed by atoms with Gasteiger partial charge in [-0.3, -0.25) is 14.5 Å². The molecule has 1 aliphatic heterocycles. The molecule has 1 saturated heterocycles. The van der Waals surface area contributed by atoms with Crippen LogP contribution in [0.1, 0.15) is 16.1 Å². The summed E-state index contributed by atoms with van der Waals surface area (Å²) in [6, 6.07) is 15.0. The Balaban J connectivity index is 1.30. The SMILES string of the molecule is COc1ccccc1-c1nn2c(=O)cc(CN3CCN(C(=O)c4ccccc4F)CC3)nc2s1. The Labute approximate surface area is 198 Å². The fourth-order valence-corrected chi connectivity index (χ4v) is 4.96. The van der Waals surface area contributed by atoms with E-state index in [2.05, 4.69) is 15.0 Å². The number of methoxy groups -OCH3 is 1. The predicted octanol–water partition coefficient (Wildman–Crippen LogP) is 2.92. The minimum absolute atomic E-state index is 0.0899. The van der Waals surface area contributed by atoms with Gasteiger partial charge in [0.1, 0.15) is 11.6 Å². The minimum atomic E-state index is -0.509. The van der Waals surface area contributed by atoms with Crippen LogP contribution < -0.4 is 10.3 Å². The van der Waals surface area contributed by atoms with Crippen molar-refractivity contribution in [2.24, 2.45) is 0 Å². The molecule has 2 aromatic heterocycles. The number of amides is 1. The molecule has 174 valence electrons. The Morgan fingerprint density at radius 3 is 2.59 bits per heavy atom. The molecular formula is C24H22FN5O3S. The Hall–Kier alpha value is -3.63. The van der Waals surface area contributed by atoms with E-state index in [1.54, 1.807) is 24.1 Å². The first-order chi connectivity index (χ1) is 16.5. The zero-order chi connectivity index (χ0) is 23.7. The average molecular weight is 480 g/mol. The molecule has 5 rings (SSSR count). The summed E-state index contributed by atoms with van der Waals surface area (Å²) in [7, 11) is 1.60. The molecule has 1 aliphatic rings. The van der Waals surface area contributed by atoms with Crippen LogP contribution in [0.25, 0.3) is 15.5 Å². The molecule has 0 spiro atoms. The van der Waals surface area contributed by atoms with Crippen LogP contribution in [0.2, 0.25) is 0 Å². The van der Waals surface area contributed by atoms with Crippen LogP contribution in [0.3, 0.4) is 0 Å². The molecule has 2 aromatic carbocycles. The number of hydrogen-bond acceptors (Lipinski definition) is 7. The summed E-state index contributed by atoms with van der Waals surface area (Å²) in [4.78, 5) is 34.3. The maximum Gasteiger partial charge on any atom is 0.275 e. The van der Waals surface area contributed by atoms with Gasteiger partial charge in [0.05, 0.1) is 23.9 Å². The molecule has 0 unspecified atom stereocenters. The molecular weight excluding hydrogens is 457 g/mol. The molecule has 1 fully saturated rings. The zero-order valence-electron chi connectivity index (χ0n) is 18.5. The van der Waals surface area contributed by atoms with Crippen molar-refractivity contribution in [1.29, 1.82) is 0 Å². The van der Waals surface area contributed by atoms with E-state index in [1.165, 1.54) is 34.1 Å². The molecule has 10 heteroatoms. The first kappa shape index (κ1) is 22.2. The smallest absolute Gasteiger partial charge is 0.275 e. The highest BCUT2D eigenvalue weighted by Gasteiger charge is 2.24. The van der Waals surface area contributed by atoms with E-state index < -0.39 is 5.82 Å². The first-order valence-electron chi connectivity index (χ1n) is 10.8. The Morgan fingerprint density at radius 1 is 1.09 bits per heavy atom. The minimum Gasteiger partial charge on any atom is -0.496 e. The normalized spacial score (nSPS) is 14.5. The molecule has 8 nitrogen and oxygen atoms in total. The molecule has 4 aromatic rings. The van der Waals surface area contributed by atoms with Crippen molar-refractivity contribution in [3.8, 4) is 16.3 Å². The van der Waals surface area contributed by atoms with Crippen molar-refractivity contribution in [1.82, 2.24) is 24.4 Å². The predicted molar refractivity (Wildman–Crippen MR) is 127 cm³/mol. The van der Waals surface area contributed by atoms with Crippen molar-refractivity contribution < 1.29 is 13.9 Å². The van der Waals surface area contributed by atoms with Gasteiger partial charge in [-0.1, -0.05) is 35.6 Å². The van der Waals surface area contributed by atoms with Crippen LogP contribution >= 0.6 is 11.3 Å². The number of aromatic nitrogens is 3. The zero-order valence-corrected chi connectivity index (χ0v) is 19.3. The van der Waals surface area contributed by atoms with Crippen LogP contribution in [-0.4, -0.2) is 63.6 Å². The molecule has 34 heavy (non-hydrogen) atoms. The number of ether oxygens (including phenoxy) is 1. The van der Waals surface area contributed by atoms with E-state index in [9.17, 15) is 14.0 Å². The summed E-state index contributed by atoms with van der Waals surface area (Å²) < 4.78 is 20.7. The second-order valence-corrected chi connectivity index (χ2v) is 8.89. The number of fused-ring (bicyclic) bond motifs is 1. The van der Waals surface area contributed by atoms with Gasteiger partial charge < -0.3 is 9.64 Å². The monoisotopic (exact) mass is 479 g/mol. The number of carbonyl (C=O) groups is 1. The van der Waals surface area contributed by atoms with Crippen LogP contribution in [0.15, 0.2) is 59.4 Å². The quantitative estimate of drug-likeness (QED) is 0.438. The highest BCUT2D eigenvalue weighted by atomic mass is 32.1. The molecule has 0 saturated carbocycles. The lowest BCUT2D eigenvalue weighted by Gasteiger charge is -2.34. The lowest BCUT2D eigenvalue weighted by Crippen LogP contribution is -2.48. The van der Waals surface area contributed by atoms with Gasteiger partial charge in [-0.05, 0) is 24.3 Å². The lowest BCUT2D eigenvalue weighted by atomic mass is 10.1. The maximum absolute atomic E-state index is 14.0. The van der Waals surface area contributed by atoms with Crippen molar-refractivity contribution in [3.05, 3.63) is 82.0 Å². The molecule has 0 N–H and O–H groups in total. The fraction of sp³-hybridized carbons (Fsp3) is 0.250. The first-order valence-corrected chi connectivity index (χ1v) is 11.6. The third kappa shape index (κ3) is 4.29. The highest BCUT2D eigenvalue weighted by Crippen LogP contribution is 2.32. The number of benzene rings is 2. The highest BCUT2D eigenvalue weighted by molar-refractivity contribution is 7.19. The van der Waals surface area contributed by atoms with Crippen LogP contribution in [0.5, 0.6) is 5.75 Å². The lowest BCUT2D eigenvalue weighted by molar-refractivity contribution is 0.0622. The summed E-state index contributed by atoms with van der Waals surface area (Å²) >= 11 is 1.33. The summed E-state index contributed by atoms with van der Waals surface area (Å²) in [6.45, 7) is 2.65. The van der Waals surface area contributed by atoms with E-state index in [0.29, 0.717) is 54.1 Å². The molecule has 0 radical (unpaired) electrons. The standard InChI is InChI=1S/C24H22FN5O3S/c1-33-20-9-5-3-7-18(20)22-27-30-21(31)14-16(26-24(30)34-22)15-28-10-12-29(13-11-28)23(32)17-6-2-4-8-19(17)25/h2-9,14H,10-13,15H2,1H3. The number of carbonyl (C=O) groups excluding carboxylic acids is 1. The summed E-state index contributed by atoms with van der Waals surface area (Å²) in [5.41, 5.74) is 1.30. The van der Waals surface area contributed by atoms with Gasteiger partial charge in [0, 0.05) is 38.8 Å². The third-order valence-electron chi connectivity index (χ3n) is 5.78. The van der Waals surface area contributed by atoms with Crippen LogP contribution in [0, 0.1) is 5.82 Å². The van der Waals surface area contributed by atoms with E-state index in [4.69, 9.17) is 4.74 Å². The van der Waals surface area contributed by atoms with Gasteiger partial charge in [-0.2, -0.15) is 9.61 Å². The van der Waals surface area contributed by atoms with Gasteiger partial charge >= 0.3 is 0 Å². The summed E-state index contributed by atoms with van der Waals surface area (Å²) in [5.74, 6) is -0.133. The van der Waals surface area contributed by atoms with Crippen molar-refractivity contribution in [2.45, 2.75) is 6.54 Å². The third-order valence-corrected chi connectivity index (χ3v) is 6.73. The van der Waals surface area contributed by atoms with E-state index >= 15 is 0 Å². The number of halogens is 1. The topological polar surface area (TPSA) is 80.0 Å². The number of para-hydroxylation sites is 1. The average Bonchev–Trinajstić information content (AvgIpc) is 3.29. The van der Waals surface area contributed by atoms with Crippen molar-refractivity contribution in [3.63, 3.8) is 0 Å². The van der Waals surface area contributed by atoms with E-state index in [0.717, 1.165) is 5.56 Å².